The van der Waals surface area contributed by atoms with E-state index in [1.807, 2.05) is 12.1 Å². The Balaban J connectivity index is 1.39. The maximum absolute atomic E-state index is 13.1. The highest BCUT2D eigenvalue weighted by Gasteiger charge is 2.30. The zero-order valence-corrected chi connectivity index (χ0v) is 20.3. The van der Waals surface area contributed by atoms with Gasteiger partial charge in [0.15, 0.2) is 0 Å². The van der Waals surface area contributed by atoms with E-state index in [2.05, 4.69) is 22.3 Å². The Labute approximate surface area is 206 Å². The molecule has 34 heavy (non-hydrogen) atoms. The number of halogens is 1. The van der Waals surface area contributed by atoms with Crippen LogP contribution in [0.5, 0.6) is 5.75 Å². The first kappa shape index (κ1) is 24.5. The number of benzene rings is 2. The Kier molecular flexibility index (Phi) is 8.43. The SMILES string of the molecule is COc1ccc([C@@H](CNC(=O)[C@H]2CCCN(C(=O)c3ccc(Cl)cc3)C2)N2CCOCC2)cc1. The van der Waals surface area contributed by atoms with E-state index in [1.54, 1.807) is 36.3 Å². The van der Waals surface area contributed by atoms with Crippen LogP contribution in [0.15, 0.2) is 48.5 Å². The molecule has 8 heteroatoms. The molecule has 2 amide bonds. The molecule has 2 heterocycles. The van der Waals surface area contributed by atoms with Crippen LogP contribution < -0.4 is 10.1 Å². The second-order valence-corrected chi connectivity index (χ2v) is 9.22. The molecular weight excluding hydrogens is 454 g/mol. The quantitative estimate of drug-likeness (QED) is 0.651. The molecule has 0 unspecified atom stereocenters. The number of hydrogen-bond donors (Lipinski definition) is 1. The lowest BCUT2D eigenvalue weighted by Gasteiger charge is -2.36. The van der Waals surface area contributed by atoms with Gasteiger partial charge in [0.25, 0.3) is 5.91 Å². The van der Waals surface area contributed by atoms with Crippen LogP contribution in [-0.2, 0) is 9.53 Å². The maximum atomic E-state index is 13.1. The molecule has 2 aromatic carbocycles. The van der Waals surface area contributed by atoms with Crippen molar-refractivity contribution in [2.45, 2.75) is 18.9 Å². The highest BCUT2D eigenvalue weighted by Crippen LogP contribution is 2.25. The molecule has 0 aromatic heterocycles. The summed E-state index contributed by atoms with van der Waals surface area (Å²) in [5.41, 5.74) is 1.73. The number of piperidine rings is 1. The summed E-state index contributed by atoms with van der Waals surface area (Å²) in [7, 11) is 1.65. The molecule has 2 aliphatic rings. The monoisotopic (exact) mass is 485 g/mol. The van der Waals surface area contributed by atoms with Gasteiger partial charge in [-0.25, -0.2) is 0 Å². The van der Waals surface area contributed by atoms with Crippen molar-refractivity contribution in [2.24, 2.45) is 5.92 Å². The lowest BCUT2D eigenvalue weighted by Crippen LogP contribution is -2.48. The number of carbonyl (C=O) groups excluding carboxylic acids is 2. The second kappa shape index (κ2) is 11.7. The number of methoxy groups -OCH3 is 1. The topological polar surface area (TPSA) is 71.1 Å². The largest absolute Gasteiger partial charge is 0.497 e. The number of carbonyl (C=O) groups is 2. The molecule has 2 atom stereocenters. The molecule has 7 nitrogen and oxygen atoms in total. The summed E-state index contributed by atoms with van der Waals surface area (Å²) in [5.74, 6) is 0.534. The zero-order valence-electron chi connectivity index (χ0n) is 19.5. The molecule has 2 fully saturated rings. The lowest BCUT2D eigenvalue weighted by molar-refractivity contribution is -0.126. The third kappa shape index (κ3) is 6.09. The van der Waals surface area contributed by atoms with Crippen LogP contribution in [0.2, 0.25) is 5.02 Å². The summed E-state index contributed by atoms with van der Waals surface area (Å²) in [6.45, 7) is 4.60. The molecule has 1 N–H and O–H groups in total. The van der Waals surface area contributed by atoms with Crippen molar-refractivity contribution in [2.75, 3.05) is 53.0 Å². The molecule has 182 valence electrons. The third-order valence-electron chi connectivity index (χ3n) is 6.63. The summed E-state index contributed by atoms with van der Waals surface area (Å²) in [4.78, 5) is 30.2. The van der Waals surface area contributed by atoms with Crippen molar-refractivity contribution in [3.63, 3.8) is 0 Å². The molecule has 0 spiro atoms. The van der Waals surface area contributed by atoms with Gasteiger partial charge in [-0.1, -0.05) is 23.7 Å². The van der Waals surface area contributed by atoms with Gasteiger partial charge >= 0.3 is 0 Å². The fourth-order valence-electron chi connectivity index (χ4n) is 4.67. The van der Waals surface area contributed by atoms with Crippen molar-refractivity contribution in [1.82, 2.24) is 15.1 Å². The fourth-order valence-corrected chi connectivity index (χ4v) is 4.79. The minimum atomic E-state index is -0.216. The predicted molar refractivity (Wildman–Crippen MR) is 131 cm³/mol. The van der Waals surface area contributed by atoms with Crippen molar-refractivity contribution < 1.29 is 19.1 Å². The Morgan fingerprint density at radius 2 is 1.79 bits per heavy atom. The number of likely N-dealkylation sites (tertiary alicyclic amines) is 1. The van der Waals surface area contributed by atoms with Gasteiger partial charge in [0.2, 0.25) is 5.91 Å². The van der Waals surface area contributed by atoms with Gasteiger partial charge in [0, 0.05) is 43.3 Å². The normalized spacial score (nSPS) is 19.9. The summed E-state index contributed by atoms with van der Waals surface area (Å²) >= 11 is 5.95. The zero-order chi connectivity index (χ0) is 23.9. The molecule has 0 radical (unpaired) electrons. The van der Waals surface area contributed by atoms with Crippen LogP contribution in [0.3, 0.4) is 0 Å². The standard InChI is InChI=1S/C26H32ClN3O4/c1-33-23-10-6-19(7-11-23)24(29-13-15-34-16-14-29)17-28-25(31)21-3-2-12-30(18-21)26(32)20-4-8-22(27)9-5-20/h4-11,21,24H,2-3,12-18H2,1H3,(H,28,31)/t21-,24+/m0/s1. The van der Waals surface area contributed by atoms with E-state index in [1.165, 1.54) is 0 Å². The molecule has 4 rings (SSSR count). The first-order valence-corrected chi connectivity index (χ1v) is 12.2. The molecule has 2 saturated heterocycles. The molecule has 2 aliphatic heterocycles. The van der Waals surface area contributed by atoms with Gasteiger partial charge in [0.05, 0.1) is 32.3 Å². The number of hydrogen-bond acceptors (Lipinski definition) is 5. The third-order valence-corrected chi connectivity index (χ3v) is 6.88. The average molecular weight is 486 g/mol. The minimum absolute atomic E-state index is 0.000349. The summed E-state index contributed by atoms with van der Waals surface area (Å²) < 4.78 is 10.8. The van der Waals surface area contributed by atoms with Crippen molar-refractivity contribution in [3.05, 3.63) is 64.7 Å². The van der Waals surface area contributed by atoms with E-state index in [0.29, 0.717) is 43.4 Å². The van der Waals surface area contributed by atoms with Crippen LogP contribution >= 0.6 is 11.6 Å². The Hall–Kier alpha value is -2.61. The van der Waals surface area contributed by atoms with Crippen LogP contribution in [-0.4, -0.2) is 74.7 Å². The van der Waals surface area contributed by atoms with Gasteiger partial charge in [-0.3, -0.25) is 14.5 Å². The second-order valence-electron chi connectivity index (χ2n) is 8.78. The first-order valence-electron chi connectivity index (χ1n) is 11.8. The van der Waals surface area contributed by atoms with Crippen LogP contribution in [0.4, 0.5) is 0 Å². The van der Waals surface area contributed by atoms with E-state index >= 15 is 0 Å². The van der Waals surface area contributed by atoms with Gasteiger partial charge < -0.3 is 19.7 Å². The van der Waals surface area contributed by atoms with Crippen LogP contribution in [0, 0.1) is 5.92 Å². The van der Waals surface area contributed by atoms with Crippen LogP contribution in [0.25, 0.3) is 0 Å². The Morgan fingerprint density at radius 1 is 1.09 bits per heavy atom. The predicted octanol–water partition coefficient (Wildman–Crippen LogP) is 3.39. The van der Waals surface area contributed by atoms with E-state index in [-0.39, 0.29) is 23.8 Å². The number of ether oxygens (including phenoxy) is 2. The summed E-state index contributed by atoms with van der Waals surface area (Å²) in [6, 6.07) is 15.0. The van der Waals surface area contributed by atoms with Crippen LogP contribution in [0.1, 0.15) is 34.8 Å². The maximum Gasteiger partial charge on any atom is 0.253 e. The fraction of sp³-hybridized carbons (Fsp3) is 0.462. The summed E-state index contributed by atoms with van der Waals surface area (Å²) in [5, 5.41) is 3.77. The average Bonchev–Trinajstić information content (AvgIpc) is 2.90. The number of nitrogens with one attached hydrogen (secondary N) is 1. The van der Waals surface area contributed by atoms with E-state index in [0.717, 1.165) is 37.2 Å². The lowest BCUT2D eigenvalue weighted by atomic mass is 9.96. The molecule has 0 bridgehead atoms. The van der Waals surface area contributed by atoms with Gasteiger partial charge in [-0.05, 0) is 54.8 Å². The van der Waals surface area contributed by atoms with Gasteiger partial charge in [0.1, 0.15) is 5.75 Å². The smallest absolute Gasteiger partial charge is 0.253 e. The number of rotatable bonds is 7. The molecule has 2 aromatic rings. The van der Waals surface area contributed by atoms with E-state index in [9.17, 15) is 9.59 Å². The highest BCUT2D eigenvalue weighted by molar-refractivity contribution is 6.30. The minimum Gasteiger partial charge on any atom is -0.497 e. The highest BCUT2D eigenvalue weighted by atomic mass is 35.5. The van der Waals surface area contributed by atoms with Crippen molar-refractivity contribution in [3.8, 4) is 5.75 Å². The number of morpholine rings is 1. The number of amides is 2. The molecule has 0 aliphatic carbocycles. The molecule has 0 saturated carbocycles. The van der Waals surface area contributed by atoms with E-state index < -0.39 is 0 Å². The van der Waals surface area contributed by atoms with Crippen molar-refractivity contribution >= 4 is 23.4 Å². The number of nitrogens with zero attached hydrogens (tertiary/aromatic N) is 2. The van der Waals surface area contributed by atoms with Gasteiger partial charge in [-0.2, -0.15) is 0 Å². The first-order chi connectivity index (χ1) is 16.5. The Morgan fingerprint density at radius 3 is 2.47 bits per heavy atom. The Bertz CT molecular complexity index is 961. The van der Waals surface area contributed by atoms with E-state index in [4.69, 9.17) is 21.1 Å². The molecular formula is C26H32ClN3O4. The van der Waals surface area contributed by atoms with Crippen molar-refractivity contribution in [1.29, 1.82) is 0 Å². The summed E-state index contributed by atoms with van der Waals surface area (Å²) in [6.07, 6.45) is 1.59. The van der Waals surface area contributed by atoms with Gasteiger partial charge in [-0.15, -0.1) is 0 Å².